The normalized spacial score (nSPS) is 11.3. The van der Waals surface area contributed by atoms with Gasteiger partial charge < -0.3 is 4.74 Å². The minimum Gasteiger partial charge on any atom is -0.456 e. The average Bonchev–Trinajstić information content (AvgIpc) is 3.09. The highest BCUT2D eigenvalue weighted by molar-refractivity contribution is 7.13. The number of thiazole rings is 1. The minimum atomic E-state index is -4.44. The summed E-state index contributed by atoms with van der Waals surface area (Å²) in [6.45, 7) is -0.0663. The van der Waals surface area contributed by atoms with Crippen LogP contribution in [0.3, 0.4) is 0 Å². The van der Waals surface area contributed by atoms with Crippen LogP contribution in [0.5, 0.6) is 0 Å². The van der Waals surface area contributed by atoms with Gasteiger partial charge in [-0.05, 0) is 36.4 Å². The number of esters is 1. The number of carbonyl (C=O) groups is 1. The molecule has 3 aromatic rings. The maximum atomic E-state index is 12.5. The van der Waals surface area contributed by atoms with Gasteiger partial charge in [-0.1, -0.05) is 6.07 Å². The lowest BCUT2D eigenvalue weighted by atomic mass is 10.1. The van der Waals surface area contributed by atoms with Gasteiger partial charge in [-0.15, -0.1) is 11.3 Å². The van der Waals surface area contributed by atoms with Crippen LogP contribution in [-0.4, -0.2) is 15.9 Å². The van der Waals surface area contributed by atoms with E-state index in [9.17, 15) is 18.0 Å². The first-order valence-electron chi connectivity index (χ1n) is 7.13. The molecule has 0 N–H and O–H groups in total. The summed E-state index contributed by atoms with van der Waals surface area (Å²) < 4.78 is 42.6. The van der Waals surface area contributed by atoms with E-state index in [0.29, 0.717) is 16.4 Å². The highest BCUT2D eigenvalue weighted by Crippen LogP contribution is 2.29. The van der Waals surface area contributed by atoms with Crippen molar-refractivity contribution in [2.75, 3.05) is 0 Å². The van der Waals surface area contributed by atoms with Gasteiger partial charge in [0.15, 0.2) is 0 Å². The molecule has 0 bridgehead atoms. The Morgan fingerprint density at radius 2 is 1.88 bits per heavy atom. The average molecular weight is 364 g/mol. The quantitative estimate of drug-likeness (QED) is 0.636. The number of aromatic nitrogens is 2. The topological polar surface area (TPSA) is 52.1 Å². The molecule has 8 heteroatoms. The number of pyridine rings is 1. The fourth-order valence-corrected chi connectivity index (χ4v) is 2.78. The highest BCUT2D eigenvalue weighted by Gasteiger charge is 2.30. The predicted molar refractivity (Wildman–Crippen MR) is 85.9 cm³/mol. The van der Waals surface area contributed by atoms with Gasteiger partial charge in [0.1, 0.15) is 11.6 Å². The van der Waals surface area contributed by atoms with Crippen molar-refractivity contribution >= 4 is 17.3 Å². The molecule has 2 heterocycles. The Morgan fingerprint density at radius 3 is 2.52 bits per heavy atom. The number of hydrogen-bond acceptors (Lipinski definition) is 5. The smallest absolute Gasteiger partial charge is 0.416 e. The van der Waals surface area contributed by atoms with E-state index in [0.717, 1.165) is 24.3 Å². The lowest BCUT2D eigenvalue weighted by molar-refractivity contribution is -0.137. The Kier molecular flexibility index (Phi) is 4.80. The van der Waals surface area contributed by atoms with Gasteiger partial charge in [-0.25, -0.2) is 9.78 Å². The standard InChI is InChI=1S/C17H11F3N2O2S/c18-17(19,20)12-6-4-11(5-7-12)16(23)24-9-13-10-25-15(22-13)14-3-1-2-8-21-14/h1-8,10H,9H2. The summed E-state index contributed by atoms with van der Waals surface area (Å²) in [5, 5.41) is 2.44. The van der Waals surface area contributed by atoms with Gasteiger partial charge in [-0.3, -0.25) is 4.98 Å². The molecule has 0 aliphatic heterocycles. The third kappa shape index (κ3) is 4.21. The number of ether oxygens (including phenoxy) is 1. The molecular weight excluding hydrogens is 353 g/mol. The number of hydrogen-bond donors (Lipinski definition) is 0. The SMILES string of the molecule is O=C(OCc1csc(-c2ccccn2)n1)c1ccc(C(F)(F)F)cc1. The van der Waals surface area contributed by atoms with Crippen LogP contribution in [0, 0.1) is 0 Å². The first kappa shape index (κ1) is 17.1. The molecule has 3 rings (SSSR count). The van der Waals surface area contributed by atoms with E-state index < -0.39 is 17.7 Å². The zero-order chi connectivity index (χ0) is 17.9. The van der Waals surface area contributed by atoms with E-state index in [1.807, 2.05) is 12.1 Å². The van der Waals surface area contributed by atoms with Crippen LogP contribution in [0.15, 0.2) is 54.0 Å². The zero-order valence-corrected chi connectivity index (χ0v) is 13.5. The molecular formula is C17H11F3N2O2S. The fraction of sp³-hybridized carbons (Fsp3) is 0.118. The lowest BCUT2D eigenvalue weighted by Gasteiger charge is -2.07. The van der Waals surface area contributed by atoms with Crippen molar-refractivity contribution in [1.29, 1.82) is 0 Å². The van der Waals surface area contributed by atoms with E-state index in [4.69, 9.17) is 4.74 Å². The molecule has 128 valence electrons. The first-order valence-corrected chi connectivity index (χ1v) is 8.01. The second-order valence-electron chi connectivity index (χ2n) is 5.01. The van der Waals surface area contributed by atoms with Crippen molar-refractivity contribution in [3.8, 4) is 10.7 Å². The number of nitrogens with zero attached hydrogens (tertiary/aromatic N) is 2. The maximum absolute atomic E-state index is 12.5. The summed E-state index contributed by atoms with van der Waals surface area (Å²) in [6, 6.07) is 9.32. The summed E-state index contributed by atoms with van der Waals surface area (Å²) in [4.78, 5) is 20.4. The fourth-order valence-electron chi connectivity index (χ4n) is 2.00. The number of alkyl halides is 3. The van der Waals surface area contributed by atoms with Gasteiger partial charge in [-0.2, -0.15) is 13.2 Å². The Bertz CT molecular complexity index is 862. The number of halogens is 3. The third-order valence-corrected chi connectivity index (χ3v) is 4.15. The number of benzene rings is 1. The van der Waals surface area contributed by atoms with Crippen LogP contribution >= 0.6 is 11.3 Å². The number of rotatable bonds is 4. The summed E-state index contributed by atoms with van der Waals surface area (Å²) in [6.07, 6.45) is -2.79. The van der Waals surface area contributed by atoms with E-state index in [2.05, 4.69) is 9.97 Å². The second kappa shape index (κ2) is 7.02. The van der Waals surface area contributed by atoms with Crippen LogP contribution in [0.4, 0.5) is 13.2 Å². The molecule has 0 fully saturated rings. The summed E-state index contributed by atoms with van der Waals surface area (Å²) in [7, 11) is 0. The van der Waals surface area contributed by atoms with Gasteiger partial charge in [0.2, 0.25) is 0 Å². The monoisotopic (exact) mass is 364 g/mol. The summed E-state index contributed by atoms with van der Waals surface area (Å²) in [5.41, 5.74) is 0.496. The van der Waals surface area contributed by atoms with E-state index in [-0.39, 0.29) is 12.2 Å². The Balaban J connectivity index is 1.62. The highest BCUT2D eigenvalue weighted by atomic mass is 32.1. The molecule has 0 aliphatic carbocycles. The van der Waals surface area contributed by atoms with Crippen molar-refractivity contribution in [1.82, 2.24) is 9.97 Å². The lowest BCUT2D eigenvalue weighted by Crippen LogP contribution is -2.08. The predicted octanol–water partition coefficient (Wildman–Crippen LogP) is 4.58. The molecule has 0 unspecified atom stereocenters. The molecule has 0 amide bonds. The van der Waals surface area contributed by atoms with Crippen molar-refractivity contribution in [2.45, 2.75) is 12.8 Å². The second-order valence-corrected chi connectivity index (χ2v) is 5.87. The summed E-state index contributed by atoms with van der Waals surface area (Å²) in [5.74, 6) is -0.707. The van der Waals surface area contributed by atoms with Gasteiger partial charge in [0.25, 0.3) is 0 Å². The minimum absolute atomic E-state index is 0.0492. The van der Waals surface area contributed by atoms with Gasteiger partial charge in [0.05, 0.1) is 22.5 Å². The Morgan fingerprint density at radius 1 is 1.12 bits per heavy atom. The molecule has 0 radical (unpaired) electrons. The van der Waals surface area contributed by atoms with Crippen LogP contribution < -0.4 is 0 Å². The maximum Gasteiger partial charge on any atom is 0.416 e. The van der Waals surface area contributed by atoms with E-state index >= 15 is 0 Å². The first-order chi connectivity index (χ1) is 11.9. The molecule has 25 heavy (non-hydrogen) atoms. The largest absolute Gasteiger partial charge is 0.456 e. The van der Waals surface area contributed by atoms with Crippen molar-refractivity contribution in [2.24, 2.45) is 0 Å². The van der Waals surface area contributed by atoms with Crippen molar-refractivity contribution in [3.63, 3.8) is 0 Å². The Hall–Kier alpha value is -2.74. The zero-order valence-electron chi connectivity index (χ0n) is 12.7. The van der Waals surface area contributed by atoms with Gasteiger partial charge >= 0.3 is 12.1 Å². The summed E-state index contributed by atoms with van der Waals surface area (Å²) >= 11 is 1.36. The molecule has 0 saturated carbocycles. The van der Waals surface area contributed by atoms with E-state index in [1.54, 1.807) is 17.6 Å². The third-order valence-electron chi connectivity index (χ3n) is 3.23. The molecule has 1 aromatic carbocycles. The molecule has 0 spiro atoms. The number of carbonyl (C=O) groups excluding carboxylic acids is 1. The van der Waals surface area contributed by atoms with E-state index in [1.165, 1.54) is 11.3 Å². The van der Waals surface area contributed by atoms with Crippen LogP contribution in [0.25, 0.3) is 10.7 Å². The molecule has 2 aromatic heterocycles. The van der Waals surface area contributed by atoms with Gasteiger partial charge in [0, 0.05) is 11.6 Å². The molecule has 0 aliphatic rings. The van der Waals surface area contributed by atoms with Crippen LogP contribution in [-0.2, 0) is 17.5 Å². The Labute approximate surface area is 144 Å². The molecule has 4 nitrogen and oxygen atoms in total. The van der Waals surface area contributed by atoms with Crippen LogP contribution in [0.2, 0.25) is 0 Å². The van der Waals surface area contributed by atoms with Crippen LogP contribution in [0.1, 0.15) is 21.6 Å². The van der Waals surface area contributed by atoms with Crippen molar-refractivity contribution < 1.29 is 22.7 Å². The van der Waals surface area contributed by atoms with Crippen molar-refractivity contribution in [3.05, 3.63) is 70.9 Å². The molecule has 0 saturated heterocycles. The molecule has 0 atom stereocenters.